The fraction of sp³-hybridized carbons (Fsp3) is 0.120. The minimum absolute atomic E-state index is 0.247. The molecule has 0 saturated carbocycles. The van der Waals surface area contributed by atoms with Crippen molar-refractivity contribution in [3.05, 3.63) is 83.9 Å². The minimum atomic E-state index is -0.581. The maximum atomic E-state index is 12.3. The van der Waals surface area contributed by atoms with Crippen LogP contribution in [0.1, 0.15) is 11.1 Å². The van der Waals surface area contributed by atoms with E-state index in [1.807, 2.05) is 31.2 Å². The van der Waals surface area contributed by atoms with Crippen LogP contribution in [0.25, 0.3) is 6.08 Å². The molecule has 7 nitrogen and oxygen atoms in total. The zero-order valence-corrected chi connectivity index (χ0v) is 17.8. The van der Waals surface area contributed by atoms with Crippen LogP contribution in [-0.4, -0.2) is 25.5 Å². The number of hydrogen-bond acceptors (Lipinski definition) is 5. The Balaban J connectivity index is 1.58. The van der Waals surface area contributed by atoms with Gasteiger partial charge < -0.3 is 25.3 Å². The summed E-state index contributed by atoms with van der Waals surface area (Å²) in [6.07, 6.45) is 3.06. The summed E-state index contributed by atoms with van der Waals surface area (Å²) in [4.78, 5) is 23.1. The van der Waals surface area contributed by atoms with Crippen molar-refractivity contribution in [1.29, 1.82) is 0 Å². The van der Waals surface area contributed by atoms with Crippen LogP contribution in [0, 0.1) is 6.92 Å². The lowest BCUT2D eigenvalue weighted by atomic mass is 10.2. The Hall–Kier alpha value is -4.26. The van der Waals surface area contributed by atoms with Gasteiger partial charge >= 0.3 is 0 Å². The number of nitrogens with two attached hydrogens (primary N) is 1. The first-order valence-corrected chi connectivity index (χ1v) is 9.86. The van der Waals surface area contributed by atoms with E-state index in [1.54, 1.807) is 48.5 Å². The van der Waals surface area contributed by atoms with Crippen molar-refractivity contribution >= 4 is 23.6 Å². The summed E-state index contributed by atoms with van der Waals surface area (Å²) in [6, 6.07) is 20.0. The fourth-order valence-electron chi connectivity index (χ4n) is 2.83. The second-order valence-corrected chi connectivity index (χ2v) is 6.93. The van der Waals surface area contributed by atoms with E-state index in [-0.39, 0.29) is 12.5 Å². The molecule has 0 heterocycles. The Bertz CT molecular complexity index is 1120. The molecule has 0 bridgehead atoms. The summed E-state index contributed by atoms with van der Waals surface area (Å²) in [6.45, 7) is 1.75. The SMILES string of the molecule is COc1cc(/C=C/C(=O)Nc2ccc(Oc3cccc(C)c3)cc2)ccc1OCC(N)=O. The Labute approximate surface area is 186 Å². The number of hydrogen-bond donors (Lipinski definition) is 2. The summed E-state index contributed by atoms with van der Waals surface area (Å²) < 4.78 is 16.4. The minimum Gasteiger partial charge on any atom is -0.493 e. The molecule has 0 aliphatic carbocycles. The van der Waals surface area contributed by atoms with Crippen molar-refractivity contribution in [1.82, 2.24) is 0 Å². The number of ether oxygens (including phenoxy) is 3. The third kappa shape index (κ3) is 6.63. The van der Waals surface area contributed by atoms with Crippen LogP contribution >= 0.6 is 0 Å². The highest BCUT2D eigenvalue weighted by molar-refractivity contribution is 6.02. The van der Waals surface area contributed by atoms with Gasteiger partial charge in [0.05, 0.1) is 7.11 Å². The van der Waals surface area contributed by atoms with Gasteiger partial charge in [0.2, 0.25) is 5.91 Å². The number of anilines is 1. The van der Waals surface area contributed by atoms with Crippen LogP contribution in [0.3, 0.4) is 0 Å². The molecule has 2 amide bonds. The molecule has 0 fully saturated rings. The summed E-state index contributed by atoms with van der Waals surface area (Å²) in [5.74, 6) is 1.38. The zero-order valence-electron chi connectivity index (χ0n) is 17.8. The molecule has 3 rings (SSSR count). The van der Waals surface area contributed by atoms with Gasteiger partial charge in [0.15, 0.2) is 18.1 Å². The molecule has 0 unspecified atom stereocenters. The van der Waals surface area contributed by atoms with Crippen LogP contribution in [0.5, 0.6) is 23.0 Å². The second kappa shape index (κ2) is 10.7. The molecule has 164 valence electrons. The van der Waals surface area contributed by atoms with Gasteiger partial charge in [0.25, 0.3) is 5.91 Å². The van der Waals surface area contributed by atoms with Gasteiger partial charge in [-0.2, -0.15) is 0 Å². The molecule has 0 atom stereocenters. The topological polar surface area (TPSA) is 99.9 Å². The Morgan fingerprint density at radius 3 is 2.44 bits per heavy atom. The molecule has 0 saturated heterocycles. The van der Waals surface area contributed by atoms with Gasteiger partial charge in [-0.25, -0.2) is 0 Å². The maximum absolute atomic E-state index is 12.3. The molecule has 0 radical (unpaired) electrons. The summed E-state index contributed by atoms with van der Waals surface area (Å²) in [5.41, 5.74) is 7.57. The predicted octanol–water partition coefficient (Wildman–Crippen LogP) is 4.31. The van der Waals surface area contributed by atoms with Crippen molar-refractivity contribution in [2.24, 2.45) is 5.73 Å². The van der Waals surface area contributed by atoms with Gasteiger partial charge in [-0.3, -0.25) is 9.59 Å². The van der Waals surface area contributed by atoms with Gasteiger partial charge in [-0.1, -0.05) is 18.2 Å². The van der Waals surface area contributed by atoms with Crippen LogP contribution < -0.4 is 25.3 Å². The molecular formula is C25H24N2O5. The average molecular weight is 432 g/mol. The molecule has 0 aromatic heterocycles. The number of nitrogens with one attached hydrogen (secondary N) is 1. The van der Waals surface area contributed by atoms with Crippen molar-refractivity contribution < 1.29 is 23.8 Å². The van der Waals surface area contributed by atoms with E-state index in [1.165, 1.54) is 13.2 Å². The zero-order chi connectivity index (χ0) is 22.9. The number of methoxy groups -OCH3 is 1. The highest BCUT2D eigenvalue weighted by Gasteiger charge is 2.07. The third-order valence-corrected chi connectivity index (χ3v) is 4.33. The van der Waals surface area contributed by atoms with E-state index < -0.39 is 5.91 Å². The summed E-state index contributed by atoms with van der Waals surface area (Å²) in [7, 11) is 1.49. The van der Waals surface area contributed by atoms with Crippen molar-refractivity contribution in [2.45, 2.75) is 6.92 Å². The summed E-state index contributed by atoms with van der Waals surface area (Å²) in [5, 5.41) is 2.80. The van der Waals surface area contributed by atoms with Crippen LogP contribution in [-0.2, 0) is 9.59 Å². The first-order chi connectivity index (χ1) is 15.4. The molecule has 0 spiro atoms. The van der Waals surface area contributed by atoms with Gasteiger partial charge in [0, 0.05) is 11.8 Å². The Morgan fingerprint density at radius 1 is 0.969 bits per heavy atom. The van der Waals surface area contributed by atoms with E-state index in [4.69, 9.17) is 19.9 Å². The largest absolute Gasteiger partial charge is 0.493 e. The molecule has 7 heteroatoms. The van der Waals surface area contributed by atoms with Crippen molar-refractivity contribution in [3.63, 3.8) is 0 Å². The third-order valence-electron chi connectivity index (χ3n) is 4.33. The van der Waals surface area contributed by atoms with Crippen molar-refractivity contribution in [3.8, 4) is 23.0 Å². The molecular weight excluding hydrogens is 408 g/mol. The molecule has 3 aromatic carbocycles. The van der Waals surface area contributed by atoms with Crippen LogP contribution in [0.15, 0.2) is 72.8 Å². The standard InChI is InChI=1S/C25H24N2O5/c1-17-4-3-5-21(14-17)32-20-10-8-19(9-11-20)27-25(29)13-7-18-6-12-22(23(15-18)30-2)31-16-24(26)28/h3-15H,16H2,1-2H3,(H2,26,28)(H,27,29)/b13-7+. The molecule has 3 aromatic rings. The maximum Gasteiger partial charge on any atom is 0.255 e. The van der Waals surface area contributed by atoms with Gasteiger partial charge in [0.1, 0.15) is 11.5 Å². The summed E-state index contributed by atoms with van der Waals surface area (Å²) >= 11 is 0. The number of carbonyl (C=O) groups excluding carboxylic acids is 2. The predicted molar refractivity (Wildman–Crippen MR) is 123 cm³/mol. The number of benzene rings is 3. The van der Waals surface area contributed by atoms with E-state index in [2.05, 4.69) is 5.32 Å². The Kier molecular flexibility index (Phi) is 7.48. The number of rotatable bonds is 9. The van der Waals surface area contributed by atoms with Gasteiger partial charge in [-0.05, 0) is 72.7 Å². The average Bonchev–Trinajstić information content (AvgIpc) is 2.78. The highest BCUT2D eigenvalue weighted by Crippen LogP contribution is 2.28. The van der Waals surface area contributed by atoms with Gasteiger partial charge in [-0.15, -0.1) is 0 Å². The second-order valence-electron chi connectivity index (χ2n) is 6.93. The quantitative estimate of drug-likeness (QED) is 0.491. The monoisotopic (exact) mass is 432 g/mol. The van der Waals surface area contributed by atoms with Crippen LogP contribution in [0.2, 0.25) is 0 Å². The smallest absolute Gasteiger partial charge is 0.255 e. The lowest BCUT2D eigenvalue weighted by Crippen LogP contribution is -2.20. The highest BCUT2D eigenvalue weighted by atomic mass is 16.5. The number of aryl methyl sites for hydroxylation is 1. The number of amides is 2. The number of primary amides is 1. The lowest BCUT2D eigenvalue weighted by molar-refractivity contribution is -0.120. The van der Waals surface area contributed by atoms with E-state index in [0.29, 0.717) is 22.9 Å². The normalized spacial score (nSPS) is 10.6. The molecule has 32 heavy (non-hydrogen) atoms. The molecule has 0 aliphatic rings. The first kappa shape index (κ1) is 22.4. The Morgan fingerprint density at radius 2 is 1.75 bits per heavy atom. The van der Waals surface area contributed by atoms with Crippen molar-refractivity contribution in [2.75, 3.05) is 19.0 Å². The fourth-order valence-corrected chi connectivity index (χ4v) is 2.83. The van der Waals surface area contributed by atoms with E-state index >= 15 is 0 Å². The lowest BCUT2D eigenvalue weighted by Gasteiger charge is -2.10. The number of carbonyl (C=O) groups is 2. The molecule has 0 aliphatic heterocycles. The molecule has 3 N–H and O–H groups in total. The first-order valence-electron chi connectivity index (χ1n) is 9.86. The van der Waals surface area contributed by atoms with E-state index in [9.17, 15) is 9.59 Å². The van der Waals surface area contributed by atoms with Crippen LogP contribution in [0.4, 0.5) is 5.69 Å². The van der Waals surface area contributed by atoms with E-state index in [0.717, 1.165) is 16.9 Å².